The average Bonchev–Trinajstić information content (AvgIpc) is 2.38. The number of hydrogen-bond acceptors (Lipinski definition) is 3. The molecule has 3 heteroatoms. The van der Waals surface area contributed by atoms with Gasteiger partial charge < -0.3 is 4.90 Å². The Kier molecular flexibility index (Phi) is 8.54. The van der Waals surface area contributed by atoms with Gasteiger partial charge in [-0.05, 0) is 52.8 Å². The van der Waals surface area contributed by atoms with Gasteiger partial charge in [0.2, 0.25) is 0 Å². The van der Waals surface area contributed by atoms with Crippen LogP contribution < -0.4 is 0 Å². The molecule has 0 aromatic rings. The first-order chi connectivity index (χ1) is 8.51. The number of azo groups is 1. The highest BCUT2D eigenvalue weighted by Gasteiger charge is 1.92. The molecule has 100 valence electrons. The van der Waals surface area contributed by atoms with Gasteiger partial charge in [-0.15, -0.1) is 0 Å². The van der Waals surface area contributed by atoms with Crippen molar-refractivity contribution in [1.29, 1.82) is 0 Å². The third kappa shape index (κ3) is 7.60. The fourth-order valence-electron chi connectivity index (χ4n) is 1.08. The first-order valence-electron chi connectivity index (χ1n) is 6.28. The molecule has 0 saturated heterocycles. The molecule has 0 fully saturated rings. The molecule has 0 N–H and O–H groups in total. The van der Waals surface area contributed by atoms with Crippen LogP contribution in [0.3, 0.4) is 0 Å². The molecule has 0 heterocycles. The summed E-state index contributed by atoms with van der Waals surface area (Å²) in [6.45, 7) is 11.1. The molecule has 18 heavy (non-hydrogen) atoms. The number of rotatable bonds is 6. The van der Waals surface area contributed by atoms with E-state index in [-0.39, 0.29) is 0 Å². The van der Waals surface area contributed by atoms with Crippen LogP contribution in [-0.2, 0) is 0 Å². The maximum atomic E-state index is 4.15. The number of allylic oxidation sites excluding steroid dienone is 8. The normalized spacial score (nSPS) is 14.9. The van der Waals surface area contributed by atoms with Crippen LogP contribution in [0.25, 0.3) is 0 Å². The van der Waals surface area contributed by atoms with E-state index < -0.39 is 0 Å². The topological polar surface area (TPSA) is 28.0 Å². The van der Waals surface area contributed by atoms with Gasteiger partial charge in [0.1, 0.15) is 0 Å². The molecule has 0 aliphatic carbocycles. The standard InChI is InChI=1S/C15H25N3/c1-7-9-10-13(3)16-17-14(4)11-12-15(5)18(6)8-2/h7,9-12H,8H2,1-6H3/b9-7-,13-10+,14-11+,15-12+,17-16+. The lowest BCUT2D eigenvalue weighted by Gasteiger charge is -2.16. The molecule has 0 unspecified atom stereocenters. The van der Waals surface area contributed by atoms with Crippen LogP contribution in [0.15, 0.2) is 57.7 Å². The SMILES string of the molecule is C\C=C/C=C(C)/N=N/C(C)=C/C=C(\C)N(C)CC. The van der Waals surface area contributed by atoms with E-state index in [0.29, 0.717) is 0 Å². The molecule has 0 saturated carbocycles. The Balaban J connectivity index is 4.58. The summed E-state index contributed by atoms with van der Waals surface area (Å²) < 4.78 is 0. The van der Waals surface area contributed by atoms with Crippen molar-refractivity contribution in [2.24, 2.45) is 10.2 Å². The summed E-state index contributed by atoms with van der Waals surface area (Å²) >= 11 is 0. The van der Waals surface area contributed by atoms with Gasteiger partial charge in [-0.3, -0.25) is 0 Å². The Hall–Kier alpha value is -1.64. The molecule has 3 nitrogen and oxygen atoms in total. The summed E-state index contributed by atoms with van der Waals surface area (Å²) in [7, 11) is 2.07. The van der Waals surface area contributed by atoms with Crippen molar-refractivity contribution in [3.8, 4) is 0 Å². The van der Waals surface area contributed by atoms with Crippen LogP contribution in [0, 0.1) is 0 Å². The summed E-state index contributed by atoms with van der Waals surface area (Å²) in [5.74, 6) is 0. The van der Waals surface area contributed by atoms with Gasteiger partial charge in [-0.25, -0.2) is 0 Å². The molecule has 0 rings (SSSR count). The second-order valence-electron chi connectivity index (χ2n) is 4.16. The highest BCUT2D eigenvalue weighted by atomic mass is 15.1. The van der Waals surface area contributed by atoms with E-state index in [2.05, 4.69) is 42.1 Å². The Bertz CT molecular complexity index is 385. The minimum absolute atomic E-state index is 0.895. The maximum Gasteiger partial charge on any atom is 0.0600 e. The van der Waals surface area contributed by atoms with Gasteiger partial charge in [0.15, 0.2) is 0 Å². The van der Waals surface area contributed by atoms with Crippen molar-refractivity contribution < 1.29 is 0 Å². The summed E-state index contributed by atoms with van der Waals surface area (Å²) in [5.41, 5.74) is 3.01. The van der Waals surface area contributed by atoms with E-state index in [0.717, 1.165) is 17.9 Å². The van der Waals surface area contributed by atoms with Gasteiger partial charge in [-0.1, -0.05) is 12.2 Å². The van der Waals surface area contributed by atoms with E-state index >= 15 is 0 Å². The fraction of sp³-hybridized carbons (Fsp3) is 0.467. The summed E-state index contributed by atoms with van der Waals surface area (Å²) in [4.78, 5) is 2.18. The first-order valence-corrected chi connectivity index (χ1v) is 6.28. The Morgan fingerprint density at radius 2 is 1.56 bits per heavy atom. The van der Waals surface area contributed by atoms with Crippen molar-refractivity contribution in [2.75, 3.05) is 13.6 Å². The monoisotopic (exact) mass is 247 g/mol. The molecular formula is C15H25N3. The zero-order valence-electron chi connectivity index (χ0n) is 12.4. The van der Waals surface area contributed by atoms with Crippen molar-refractivity contribution in [1.82, 2.24) is 4.90 Å². The van der Waals surface area contributed by atoms with Crippen molar-refractivity contribution in [3.05, 3.63) is 47.5 Å². The van der Waals surface area contributed by atoms with Crippen molar-refractivity contribution >= 4 is 0 Å². The summed E-state index contributed by atoms with van der Waals surface area (Å²) in [6.07, 6.45) is 9.89. The van der Waals surface area contributed by atoms with Crippen LogP contribution >= 0.6 is 0 Å². The third-order valence-electron chi connectivity index (χ3n) is 2.54. The third-order valence-corrected chi connectivity index (χ3v) is 2.54. The summed E-state index contributed by atoms with van der Waals surface area (Å²) in [6, 6.07) is 0. The number of hydrogen-bond donors (Lipinski definition) is 0. The van der Waals surface area contributed by atoms with E-state index in [9.17, 15) is 0 Å². The highest BCUT2D eigenvalue weighted by molar-refractivity contribution is 5.14. The highest BCUT2D eigenvalue weighted by Crippen LogP contribution is 2.05. The van der Waals surface area contributed by atoms with Gasteiger partial charge in [0.25, 0.3) is 0 Å². The second-order valence-corrected chi connectivity index (χ2v) is 4.16. The maximum absolute atomic E-state index is 4.15. The second kappa shape index (κ2) is 9.40. The van der Waals surface area contributed by atoms with Crippen LogP contribution in [0.5, 0.6) is 0 Å². The van der Waals surface area contributed by atoms with Gasteiger partial charge >= 0.3 is 0 Å². The minimum Gasteiger partial charge on any atom is -0.378 e. The Morgan fingerprint density at radius 1 is 1.00 bits per heavy atom. The fourth-order valence-corrected chi connectivity index (χ4v) is 1.08. The lowest BCUT2D eigenvalue weighted by atomic mass is 10.3. The van der Waals surface area contributed by atoms with Crippen LogP contribution in [0.1, 0.15) is 34.6 Å². The molecule has 0 bridgehead atoms. The molecule has 0 atom stereocenters. The molecule has 0 aliphatic rings. The van der Waals surface area contributed by atoms with Gasteiger partial charge in [0, 0.05) is 19.3 Å². The Morgan fingerprint density at radius 3 is 2.06 bits per heavy atom. The molecule has 0 amide bonds. The minimum atomic E-state index is 0.895. The van der Waals surface area contributed by atoms with E-state index in [1.807, 2.05) is 45.1 Å². The van der Waals surface area contributed by atoms with Crippen molar-refractivity contribution in [3.63, 3.8) is 0 Å². The molecule has 0 radical (unpaired) electrons. The quantitative estimate of drug-likeness (QED) is 0.495. The van der Waals surface area contributed by atoms with E-state index in [4.69, 9.17) is 0 Å². The van der Waals surface area contributed by atoms with Crippen LogP contribution in [0.4, 0.5) is 0 Å². The van der Waals surface area contributed by atoms with Crippen LogP contribution in [0.2, 0.25) is 0 Å². The molecule has 0 aromatic carbocycles. The average molecular weight is 247 g/mol. The molecule has 0 aliphatic heterocycles. The summed E-state index contributed by atoms with van der Waals surface area (Å²) in [5, 5.41) is 8.28. The predicted molar refractivity (Wildman–Crippen MR) is 79.2 cm³/mol. The lowest BCUT2D eigenvalue weighted by Crippen LogP contribution is -2.14. The van der Waals surface area contributed by atoms with Crippen molar-refractivity contribution in [2.45, 2.75) is 34.6 Å². The smallest absolute Gasteiger partial charge is 0.0600 e. The van der Waals surface area contributed by atoms with E-state index in [1.54, 1.807) is 0 Å². The van der Waals surface area contributed by atoms with Gasteiger partial charge in [-0.2, -0.15) is 10.2 Å². The zero-order valence-corrected chi connectivity index (χ0v) is 12.4. The van der Waals surface area contributed by atoms with E-state index in [1.165, 1.54) is 5.70 Å². The zero-order chi connectivity index (χ0) is 14.0. The Labute approximate surface area is 111 Å². The van der Waals surface area contributed by atoms with Crippen LogP contribution in [-0.4, -0.2) is 18.5 Å². The largest absolute Gasteiger partial charge is 0.378 e. The molecule has 0 spiro atoms. The predicted octanol–water partition coefficient (Wildman–Crippen LogP) is 4.68. The number of nitrogens with zero attached hydrogens (tertiary/aromatic N) is 3. The molecular weight excluding hydrogens is 222 g/mol. The lowest BCUT2D eigenvalue weighted by molar-refractivity contribution is 0.443. The van der Waals surface area contributed by atoms with Gasteiger partial charge in [0.05, 0.1) is 11.4 Å². The molecule has 0 aromatic heterocycles. The first kappa shape index (κ1) is 16.4.